The quantitative estimate of drug-likeness (QED) is 0.740. The van der Waals surface area contributed by atoms with E-state index in [1.54, 1.807) is 10.9 Å². The number of benzene rings is 1. The van der Waals surface area contributed by atoms with Gasteiger partial charge in [-0.1, -0.05) is 17.7 Å². The molecule has 0 saturated heterocycles. The molecule has 3 aromatic rings. The van der Waals surface area contributed by atoms with Crippen molar-refractivity contribution in [3.05, 3.63) is 35.0 Å². The highest BCUT2D eigenvalue weighted by atomic mass is 35.5. The van der Waals surface area contributed by atoms with Crippen molar-refractivity contribution in [1.82, 2.24) is 20.0 Å². The first-order chi connectivity index (χ1) is 9.08. The topological polar surface area (TPSA) is 69.6 Å². The lowest BCUT2D eigenvalue weighted by Gasteiger charge is -2.08. The summed E-state index contributed by atoms with van der Waals surface area (Å²) in [6.45, 7) is 1.99. The van der Waals surface area contributed by atoms with E-state index < -0.39 is 0 Å². The molecule has 6 heteroatoms. The van der Waals surface area contributed by atoms with E-state index in [4.69, 9.17) is 17.3 Å². The zero-order chi connectivity index (χ0) is 13.6. The summed E-state index contributed by atoms with van der Waals surface area (Å²) in [5.41, 5.74) is 9.48. The lowest BCUT2D eigenvalue weighted by Crippen LogP contribution is -2.00. The van der Waals surface area contributed by atoms with Gasteiger partial charge in [0.15, 0.2) is 5.82 Å². The average molecular weight is 274 g/mol. The molecule has 0 amide bonds. The third-order valence-electron chi connectivity index (χ3n) is 3.14. The summed E-state index contributed by atoms with van der Waals surface area (Å²) >= 11 is 5.98. The van der Waals surface area contributed by atoms with Crippen LogP contribution in [0.5, 0.6) is 0 Å². The van der Waals surface area contributed by atoms with Crippen molar-refractivity contribution in [2.24, 2.45) is 7.05 Å². The highest BCUT2D eigenvalue weighted by molar-refractivity contribution is 6.30. The molecule has 0 atom stereocenters. The van der Waals surface area contributed by atoms with Gasteiger partial charge in [0.05, 0.1) is 17.1 Å². The Morgan fingerprint density at radius 1 is 1.26 bits per heavy atom. The number of aryl methyl sites for hydroxylation is 2. The van der Waals surface area contributed by atoms with Gasteiger partial charge in [-0.3, -0.25) is 4.68 Å². The average Bonchev–Trinajstić information content (AvgIpc) is 2.75. The van der Waals surface area contributed by atoms with Crippen molar-refractivity contribution < 1.29 is 0 Å². The molecule has 0 unspecified atom stereocenters. The van der Waals surface area contributed by atoms with Crippen LogP contribution in [0, 0.1) is 6.92 Å². The predicted molar refractivity (Wildman–Crippen MR) is 75.9 cm³/mol. The molecule has 0 bridgehead atoms. The minimum absolute atomic E-state index is 0.387. The number of nitrogen functional groups attached to an aromatic ring is 1. The van der Waals surface area contributed by atoms with Crippen LogP contribution < -0.4 is 5.73 Å². The molecule has 0 saturated carbocycles. The van der Waals surface area contributed by atoms with Crippen molar-refractivity contribution >= 4 is 28.3 Å². The van der Waals surface area contributed by atoms with Crippen molar-refractivity contribution in [2.75, 3.05) is 5.73 Å². The molecular weight excluding hydrogens is 262 g/mol. The van der Waals surface area contributed by atoms with Gasteiger partial charge in [0.1, 0.15) is 5.69 Å². The lowest BCUT2D eigenvalue weighted by atomic mass is 10.0. The number of nitrogens with two attached hydrogens (primary N) is 1. The van der Waals surface area contributed by atoms with Crippen LogP contribution in [-0.4, -0.2) is 20.0 Å². The van der Waals surface area contributed by atoms with Crippen LogP contribution >= 0.6 is 11.6 Å². The second-order valence-electron chi connectivity index (χ2n) is 4.42. The van der Waals surface area contributed by atoms with Gasteiger partial charge in [-0.2, -0.15) is 5.10 Å². The first-order valence-corrected chi connectivity index (χ1v) is 6.16. The maximum Gasteiger partial charge on any atom is 0.157 e. The van der Waals surface area contributed by atoms with Gasteiger partial charge in [0, 0.05) is 17.6 Å². The molecule has 0 aliphatic heterocycles. The fourth-order valence-corrected chi connectivity index (χ4v) is 2.41. The van der Waals surface area contributed by atoms with E-state index in [2.05, 4.69) is 15.3 Å². The van der Waals surface area contributed by atoms with Crippen LogP contribution in [0.25, 0.3) is 22.2 Å². The normalized spacial score (nSPS) is 11.1. The SMILES string of the molecule is Cc1cc(Cl)ccc1-c1nnc(N)c2cnn(C)c12. The van der Waals surface area contributed by atoms with Crippen LogP contribution in [0.4, 0.5) is 5.82 Å². The molecule has 5 nitrogen and oxygen atoms in total. The molecular formula is C13H12ClN5. The van der Waals surface area contributed by atoms with Crippen molar-refractivity contribution in [3.63, 3.8) is 0 Å². The van der Waals surface area contributed by atoms with Gasteiger partial charge in [0.2, 0.25) is 0 Å². The Hall–Kier alpha value is -2.14. The standard InChI is InChI=1S/C13H12ClN5/c1-7-5-8(14)3-4-9(7)11-12-10(6-16-19(12)2)13(15)18-17-11/h3-6H,1-2H3,(H2,15,18). The summed E-state index contributed by atoms with van der Waals surface area (Å²) in [6.07, 6.45) is 1.70. The summed E-state index contributed by atoms with van der Waals surface area (Å²) in [5, 5.41) is 14.0. The molecule has 0 radical (unpaired) electrons. The van der Waals surface area contributed by atoms with Gasteiger partial charge < -0.3 is 5.73 Å². The fourth-order valence-electron chi connectivity index (χ4n) is 2.19. The summed E-state index contributed by atoms with van der Waals surface area (Å²) in [6, 6.07) is 5.67. The number of hydrogen-bond donors (Lipinski definition) is 1. The number of rotatable bonds is 1. The van der Waals surface area contributed by atoms with Crippen LogP contribution in [0.15, 0.2) is 24.4 Å². The summed E-state index contributed by atoms with van der Waals surface area (Å²) < 4.78 is 1.75. The van der Waals surface area contributed by atoms with E-state index in [-0.39, 0.29) is 0 Å². The molecule has 2 heterocycles. The minimum Gasteiger partial charge on any atom is -0.382 e. The Bertz CT molecular complexity index is 778. The van der Waals surface area contributed by atoms with Crippen LogP contribution in [0.1, 0.15) is 5.56 Å². The van der Waals surface area contributed by atoms with Gasteiger partial charge in [0.25, 0.3) is 0 Å². The number of anilines is 1. The Balaban J connectivity index is 2.37. The van der Waals surface area contributed by atoms with E-state index in [9.17, 15) is 0 Å². The second-order valence-corrected chi connectivity index (χ2v) is 4.86. The Morgan fingerprint density at radius 2 is 2.05 bits per heavy atom. The fraction of sp³-hybridized carbons (Fsp3) is 0.154. The first kappa shape index (κ1) is 11.9. The van der Waals surface area contributed by atoms with E-state index in [0.717, 1.165) is 27.7 Å². The zero-order valence-corrected chi connectivity index (χ0v) is 11.3. The molecule has 96 valence electrons. The number of hydrogen-bond acceptors (Lipinski definition) is 4. The van der Waals surface area contributed by atoms with Crippen LogP contribution in [0.2, 0.25) is 5.02 Å². The van der Waals surface area contributed by atoms with Crippen molar-refractivity contribution in [3.8, 4) is 11.3 Å². The van der Waals surface area contributed by atoms with Gasteiger partial charge >= 0.3 is 0 Å². The minimum atomic E-state index is 0.387. The highest BCUT2D eigenvalue weighted by Gasteiger charge is 2.15. The monoisotopic (exact) mass is 273 g/mol. The molecule has 0 spiro atoms. The van der Waals surface area contributed by atoms with E-state index in [1.807, 2.05) is 32.2 Å². The van der Waals surface area contributed by atoms with E-state index in [1.165, 1.54) is 0 Å². The number of nitrogens with zero attached hydrogens (tertiary/aromatic N) is 4. The lowest BCUT2D eigenvalue weighted by molar-refractivity contribution is 0.795. The molecule has 0 aliphatic rings. The number of fused-ring (bicyclic) bond motifs is 1. The van der Waals surface area contributed by atoms with Crippen molar-refractivity contribution in [1.29, 1.82) is 0 Å². The first-order valence-electron chi connectivity index (χ1n) is 5.78. The maximum atomic E-state index is 5.98. The van der Waals surface area contributed by atoms with Crippen LogP contribution in [-0.2, 0) is 7.05 Å². The maximum absolute atomic E-state index is 5.98. The van der Waals surface area contributed by atoms with Gasteiger partial charge in [-0.15, -0.1) is 10.2 Å². The molecule has 19 heavy (non-hydrogen) atoms. The summed E-state index contributed by atoms with van der Waals surface area (Å²) in [5.74, 6) is 0.387. The molecule has 2 aromatic heterocycles. The van der Waals surface area contributed by atoms with Crippen LogP contribution in [0.3, 0.4) is 0 Å². The second kappa shape index (κ2) is 4.20. The van der Waals surface area contributed by atoms with Crippen molar-refractivity contribution in [2.45, 2.75) is 6.92 Å². The molecule has 2 N–H and O–H groups in total. The van der Waals surface area contributed by atoms with Gasteiger partial charge in [-0.05, 0) is 24.6 Å². The predicted octanol–water partition coefficient (Wildman–Crippen LogP) is 2.57. The zero-order valence-electron chi connectivity index (χ0n) is 10.6. The largest absolute Gasteiger partial charge is 0.382 e. The third-order valence-corrected chi connectivity index (χ3v) is 3.38. The Kier molecular flexibility index (Phi) is 2.64. The Morgan fingerprint density at radius 3 is 2.79 bits per heavy atom. The number of halogens is 1. The van der Waals surface area contributed by atoms with Gasteiger partial charge in [-0.25, -0.2) is 0 Å². The van der Waals surface area contributed by atoms with E-state index >= 15 is 0 Å². The summed E-state index contributed by atoms with van der Waals surface area (Å²) in [7, 11) is 1.86. The summed E-state index contributed by atoms with van der Waals surface area (Å²) in [4.78, 5) is 0. The third kappa shape index (κ3) is 1.82. The molecule has 1 aromatic carbocycles. The molecule has 0 fully saturated rings. The molecule has 3 rings (SSSR count). The smallest absolute Gasteiger partial charge is 0.157 e. The highest BCUT2D eigenvalue weighted by Crippen LogP contribution is 2.31. The molecule has 0 aliphatic carbocycles. The number of aromatic nitrogens is 4. The Labute approximate surface area is 115 Å². The van der Waals surface area contributed by atoms with E-state index in [0.29, 0.717) is 10.8 Å².